The first kappa shape index (κ1) is 21.7. The van der Waals surface area contributed by atoms with Gasteiger partial charge in [0, 0.05) is 17.1 Å². The smallest absolute Gasteiger partial charge is 0.263 e. The molecule has 0 unspecified atom stereocenters. The fourth-order valence-electron chi connectivity index (χ4n) is 4.31. The van der Waals surface area contributed by atoms with Gasteiger partial charge in [0.15, 0.2) is 0 Å². The normalized spacial score (nSPS) is 14.5. The molecule has 1 aliphatic rings. The van der Waals surface area contributed by atoms with Gasteiger partial charge in [-0.05, 0) is 76.9 Å². The number of anilines is 1. The molecule has 1 aromatic carbocycles. The van der Waals surface area contributed by atoms with Gasteiger partial charge in [-0.15, -0.1) is 11.3 Å². The largest absolute Gasteiger partial charge is 0.311 e. The van der Waals surface area contributed by atoms with Crippen LogP contribution < -0.4 is 10.5 Å². The first-order valence-electron chi connectivity index (χ1n) is 11.0. The van der Waals surface area contributed by atoms with Crippen LogP contribution in [0.1, 0.15) is 41.6 Å². The molecule has 6 nitrogen and oxygen atoms in total. The van der Waals surface area contributed by atoms with Crippen molar-refractivity contribution < 1.29 is 4.79 Å². The molecule has 1 fully saturated rings. The third kappa shape index (κ3) is 4.29. The number of amides is 1. The number of aromatic nitrogens is 2. The molecule has 0 atom stereocenters. The molecule has 1 saturated heterocycles. The van der Waals surface area contributed by atoms with Crippen LogP contribution in [0.4, 0.5) is 5.69 Å². The lowest BCUT2D eigenvalue weighted by Gasteiger charge is -2.23. The van der Waals surface area contributed by atoms with Crippen molar-refractivity contribution >= 4 is 33.1 Å². The molecule has 4 rings (SSSR count). The summed E-state index contributed by atoms with van der Waals surface area (Å²) in [5, 5.41) is 0.652. The SMILES string of the molecule is CCN(C(=O)Cn1c(CN2CCCC2)nc2sc(C)c(C)c2c1=O)c1cccc(C)c1. The van der Waals surface area contributed by atoms with Crippen molar-refractivity contribution in [3.63, 3.8) is 0 Å². The van der Waals surface area contributed by atoms with E-state index in [4.69, 9.17) is 4.98 Å². The van der Waals surface area contributed by atoms with E-state index in [-0.39, 0.29) is 18.0 Å². The standard InChI is InChI=1S/C24H30N4O2S/c1-5-27(19-10-8-9-16(2)13-19)21(29)15-28-20(14-26-11-6-7-12-26)25-23-22(24(28)30)17(3)18(4)31-23/h8-10,13H,5-7,11-12,14-15H2,1-4H3. The molecule has 0 aliphatic carbocycles. The van der Waals surface area contributed by atoms with Crippen molar-refractivity contribution in [3.8, 4) is 0 Å². The van der Waals surface area contributed by atoms with E-state index in [2.05, 4.69) is 4.90 Å². The summed E-state index contributed by atoms with van der Waals surface area (Å²) in [5.41, 5.74) is 2.83. The molecule has 1 aliphatic heterocycles. The van der Waals surface area contributed by atoms with Gasteiger partial charge in [-0.2, -0.15) is 0 Å². The lowest BCUT2D eigenvalue weighted by atomic mass is 10.2. The van der Waals surface area contributed by atoms with Crippen LogP contribution in [-0.4, -0.2) is 40.0 Å². The van der Waals surface area contributed by atoms with Gasteiger partial charge in [0.25, 0.3) is 5.56 Å². The number of likely N-dealkylation sites (tertiary alicyclic amines) is 1. The molecule has 0 saturated carbocycles. The number of hydrogen-bond acceptors (Lipinski definition) is 5. The minimum atomic E-state index is -0.102. The van der Waals surface area contributed by atoms with Crippen molar-refractivity contribution in [3.05, 3.63) is 56.4 Å². The summed E-state index contributed by atoms with van der Waals surface area (Å²) in [6, 6.07) is 7.91. The van der Waals surface area contributed by atoms with Gasteiger partial charge in [0.1, 0.15) is 17.2 Å². The number of fused-ring (bicyclic) bond motifs is 1. The fraction of sp³-hybridized carbons (Fsp3) is 0.458. The molecular weight excluding hydrogens is 408 g/mol. The van der Waals surface area contributed by atoms with Gasteiger partial charge in [-0.1, -0.05) is 12.1 Å². The minimum Gasteiger partial charge on any atom is -0.311 e. The molecule has 0 N–H and O–H groups in total. The Morgan fingerprint density at radius 2 is 1.94 bits per heavy atom. The van der Waals surface area contributed by atoms with Crippen molar-refractivity contribution in [1.29, 1.82) is 0 Å². The average molecular weight is 439 g/mol. The number of carbonyl (C=O) groups excluding carboxylic acids is 1. The minimum absolute atomic E-state index is 0.00105. The topological polar surface area (TPSA) is 58.4 Å². The number of carbonyl (C=O) groups is 1. The molecule has 2 aromatic heterocycles. The molecule has 7 heteroatoms. The summed E-state index contributed by atoms with van der Waals surface area (Å²) in [7, 11) is 0. The third-order valence-corrected chi connectivity index (χ3v) is 7.26. The summed E-state index contributed by atoms with van der Waals surface area (Å²) in [6.07, 6.45) is 2.33. The van der Waals surface area contributed by atoms with E-state index >= 15 is 0 Å². The molecule has 3 heterocycles. The Kier molecular flexibility index (Phi) is 6.25. The second kappa shape index (κ2) is 8.93. The Bertz CT molecular complexity index is 1170. The lowest BCUT2D eigenvalue weighted by Crippen LogP contribution is -2.39. The molecule has 0 bridgehead atoms. The van der Waals surface area contributed by atoms with Gasteiger partial charge in [0.05, 0.1) is 11.9 Å². The lowest BCUT2D eigenvalue weighted by molar-refractivity contribution is -0.119. The summed E-state index contributed by atoms with van der Waals surface area (Å²) in [5.74, 6) is 0.595. The van der Waals surface area contributed by atoms with E-state index in [1.54, 1.807) is 20.8 Å². The van der Waals surface area contributed by atoms with Gasteiger partial charge < -0.3 is 4.90 Å². The van der Waals surface area contributed by atoms with Crippen LogP contribution in [0.2, 0.25) is 0 Å². The summed E-state index contributed by atoms with van der Waals surface area (Å²) in [4.78, 5) is 37.7. The van der Waals surface area contributed by atoms with Gasteiger partial charge in [-0.25, -0.2) is 4.98 Å². The van der Waals surface area contributed by atoms with E-state index in [0.717, 1.165) is 39.6 Å². The summed E-state index contributed by atoms with van der Waals surface area (Å²) in [6.45, 7) is 11.1. The summed E-state index contributed by atoms with van der Waals surface area (Å²) >= 11 is 1.56. The highest BCUT2D eigenvalue weighted by molar-refractivity contribution is 7.18. The second-order valence-corrected chi connectivity index (χ2v) is 9.55. The number of rotatable bonds is 6. The Balaban J connectivity index is 1.75. The molecule has 0 radical (unpaired) electrons. The van der Waals surface area contributed by atoms with Crippen LogP contribution in [0.15, 0.2) is 29.1 Å². The van der Waals surface area contributed by atoms with E-state index in [9.17, 15) is 9.59 Å². The average Bonchev–Trinajstić information content (AvgIpc) is 3.33. The zero-order valence-electron chi connectivity index (χ0n) is 18.8. The second-order valence-electron chi connectivity index (χ2n) is 8.34. The maximum absolute atomic E-state index is 13.5. The van der Waals surface area contributed by atoms with E-state index in [1.165, 1.54) is 12.8 Å². The Morgan fingerprint density at radius 3 is 2.61 bits per heavy atom. The van der Waals surface area contributed by atoms with Gasteiger partial charge in [-0.3, -0.25) is 19.1 Å². The number of likely N-dealkylation sites (N-methyl/N-ethyl adjacent to an activating group) is 1. The number of thiophene rings is 1. The fourth-order valence-corrected chi connectivity index (χ4v) is 5.35. The first-order valence-corrected chi connectivity index (χ1v) is 11.8. The number of hydrogen-bond donors (Lipinski definition) is 0. The van der Waals surface area contributed by atoms with Crippen LogP contribution in [0.25, 0.3) is 10.2 Å². The van der Waals surface area contributed by atoms with E-state index in [0.29, 0.717) is 24.3 Å². The molecular formula is C24H30N4O2S. The zero-order valence-corrected chi connectivity index (χ0v) is 19.6. The highest BCUT2D eigenvalue weighted by Crippen LogP contribution is 2.27. The van der Waals surface area contributed by atoms with Crippen LogP contribution in [0, 0.1) is 20.8 Å². The molecule has 31 heavy (non-hydrogen) atoms. The zero-order chi connectivity index (χ0) is 22.1. The van der Waals surface area contributed by atoms with Crippen molar-refractivity contribution in [2.45, 2.75) is 53.6 Å². The third-order valence-electron chi connectivity index (χ3n) is 6.16. The highest BCUT2D eigenvalue weighted by atomic mass is 32.1. The van der Waals surface area contributed by atoms with Crippen molar-refractivity contribution in [2.75, 3.05) is 24.5 Å². The molecule has 164 valence electrons. The number of benzene rings is 1. The molecule has 3 aromatic rings. The number of aryl methyl sites for hydroxylation is 3. The van der Waals surface area contributed by atoms with Crippen molar-refractivity contribution in [2.24, 2.45) is 0 Å². The maximum Gasteiger partial charge on any atom is 0.263 e. The van der Waals surface area contributed by atoms with Crippen LogP contribution >= 0.6 is 11.3 Å². The Morgan fingerprint density at radius 1 is 1.19 bits per heavy atom. The quantitative estimate of drug-likeness (QED) is 0.583. The van der Waals surface area contributed by atoms with E-state index in [1.807, 2.05) is 52.0 Å². The van der Waals surface area contributed by atoms with E-state index < -0.39 is 0 Å². The predicted octanol–water partition coefficient (Wildman–Crippen LogP) is 4.03. The monoisotopic (exact) mass is 438 g/mol. The number of nitrogens with zero attached hydrogens (tertiary/aromatic N) is 4. The molecule has 1 amide bonds. The van der Waals surface area contributed by atoms with Crippen molar-refractivity contribution in [1.82, 2.24) is 14.5 Å². The molecule has 0 spiro atoms. The highest BCUT2D eigenvalue weighted by Gasteiger charge is 2.23. The Labute approximate surface area is 187 Å². The summed E-state index contributed by atoms with van der Waals surface area (Å²) < 4.78 is 1.61. The van der Waals surface area contributed by atoms with Crippen LogP contribution in [-0.2, 0) is 17.9 Å². The predicted molar refractivity (Wildman–Crippen MR) is 127 cm³/mol. The first-order chi connectivity index (χ1) is 14.9. The maximum atomic E-state index is 13.5. The van der Waals surface area contributed by atoms with Gasteiger partial charge >= 0.3 is 0 Å². The Hall–Kier alpha value is -2.51. The van der Waals surface area contributed by atoms with Crippen LogP contribution in [0.5, 0.6) is 0 Å². The van der Waals surface area contributed by atoms with Gasteiger partial charge in [0.2, 0.25) is 5.91 Å². The van der Waals surface area contributed by atoms with Crippen LogP contribution in [0.3, 0.4) is 0 Å².